The van der Waals surface area contributed by atoms with E-state index in [-0.39, 0.29) is 27.7 Å². The lowest BCUT2D eigenvalue weighted by Crippen LogP contribution is -2.50. The predicted molar refractivity (Wildman–Crippen MR) is 241 cm³/mol. The van der Waals surface area contributed by atoms with Crippen LogP contribution in [0.15, 0.2) is 116 Å². The summed E-state index contributed by atoms with van der Waals surface area (Å²) in [4.78, 5) is 5.07. The maximum absolute atomic E-state index is 4.34. The topological polar surface area (TPSA) is 11.4 Å². The lowest BCUT2D eigenvalue weighted by molar-refractivity contribution is 0.390. The van der Waals surface area contributed by atoms with Gasteiger partial charge in [-0.3, -0.25) is 0 Å². The highest BCUT2D eigenvalue weighted by molar-refractivity contribution is 6.73. The lowest BCUT2D eigenvalue weighted by Gasteiger charge is -2.45. The van der Waals surface area contributed by atoms with Crippen molar-refractivity contribution in [1.82, 2.24) is 4.57 Å². The van der Waals surface area contributed by atoms with Crippen molar-refractivity contribution in [3.8, 4) is 16.8 Å². The van der Waals surface area contributed by atoms with E-state index < -0.39 is 0 Å². The summed E-state index contributed by atoms with van der Waals surface area (Å²) in [6.07, 6.45) is 2.13. The van der Waals surface area contributed by atoms with Crippen molar-refractivity contribution in [3.05, 3.63) is 138 Å². The summed E-state index contributed by atoms with van der Waals surface area (Å²) in [7, 11) is 3.11. The minimum Gasteiger partial charge on any atom is -0.345 e. The molecule has 0 saturated heterocycles. The Morgan fingerprint density at radius 1 is 0.745 bits per heavy atom. The van der Waals surface area contributed by atoms with E-state index in [1.165, 1.54) is 83.8 Å². The Labute approximate surface area is 331 Å². The number of fused-ring (bicyclic) bond motifs is 7. The van der Waals surface area contributed by atoms with Crippen LogP contribution in [0.3, 0.4) is 0 Å². The molecule has 0 spiro atoms. The Morgan fingerprint density at radius 3 is 2.05 bits per heavy atom. The van der Waals surface area contributed by atoms with Crippen LogP contribution in [-0.4, -0.2) is 24.9 Å². The first-order chi connectivity index (χ1) is 25.8. The standard InChI is InChI=1S/C51H58BN3/c1-14-50(9,10)32(2)54-42-28-25-34(49(6,7)8)29-40(42)52-46-43(53(13)35-26-23-33(24-27-35)48(3,4)5)30-36(31-44(46)54)55-41-22-18-16-20-38(41)45-37-19-15-17-21-39(37)51(11,12)47(45)55/h14-32,52H,1H2,2-13H3/t32-/m0/s1. The predicted octanol–water partition coefficient (Wildman–Crippen LogP) is 11.7. The highest BCUT2D eigenvalue weighted by Gasteiger charge is 2.42. The Kier molecular flexibility index (Phi) is 8.43. The van der Waals surface area contributed by atoms with Crippen molar-refractivity contribution in [2.75, 3.05) is 16.8 Å². The molecule has 1 aliphatic heterocycles. The van der Waals surface area contributed by atoms with E-state index in [0.717, 1.165) is 7.28 Å². The fourth-order valence-corrected chi connectivity index (χ4v) is 9.19. The molecule has 1 aromatic heterocycles. The average molecular weight is 724 g/mol. The Hall–Kier alpha value is -4.96. The molecule has 0 fully saturated rings. The van der Waals surface area contributed by atoms with Gasteiger partial charge in [0.2, 0.25) is 7.28 Å². The maximum atomic E-state index is 4.34. The third kappa shape index (κ3) is 5.78. The number of aromatic nitrogens is 1. The fourth-order valence-electron chi connectivity index (χ4n) is 9.19. The van der Waals surface area contributed by atoms with Crippen molar-refractivity contribution in [1.29, 1.82) is 0 Å². The summed E-state index contributed by atoms with van der Waals surface area (Å²) in [6, 6.07) is 39.6. The molecule has 0 amide bonds. The molecule has 0 saturated carbocycles. The molecule has 280 valence electrons. The van der Waals surface area contributed by atoms with Crippen molar-refractivity contribution < 1.29 is 0 Å². The van der Waals surface area contributed by atoms with Crippen LogP contribution in [-0.2, 0) is 16.2 Å². The van der Waals surface area contributed by atoms with Crippen LogP contribution in [0.2, 0.25) is 0 Å². The summed E-state index contributed by atoms with van der Waals surface area (Å²) in [5, 5.41) is 1.30. The minimum absolute atomic E-state index is 0.0463. The monoisotopic (exact) mass is 723 g/mol. The molecule has 55 heavy (non-hydrogen) atoms. The Morgan fingerprint density at radius 2 is 1.38 bits per heavy atom. The quantitative estimate of drug-likeness (QED) is 0.125. The molecule has 0 radical (unpaired) electrons. The molecule has 2 heterocycles. The highest BCUT2D eigenvalue weighted by Crippen LogP contribution is 2.54. The third-order valence-electron chi connectivity index (χ3n) is 13.1. The van der Waals surface area contributed by atoms with E-state index in [0.29, 0.717) is 0 Å². The molecule has 5 aromatic carbocycles. The zero-order valence-corrected chi connectivity index (χ0v) is 35.2. The number of hydrogen-bond acceptors (Lipinski definition) is 2. The van der Waals surface area contributed by atoms with Crippen LogP contribution in [0, 0.1) is 5.41 Å². The molecule has 1 atom stereocenters. The number of benzene rings is 5. The summed E-state index contributed by atoms with van der Waals surface area (Å²) in [5.41, 5.74) is 18.1. The van der Waals surface area contributed by atoms with Gasteiger partial charge in [-0.1, -0.05) is 148 Å². The lowest BCUT2D eigenvalue weighted by atomic mass is 9.58. The molecule has 3 nitrogen and oxygen atoms in total. The molecule has 0 bridgehead atoms. The second kappa shape index (κ2) is 12.5. The molecule has 0 N–H and O–H groups in total. The van der Waals surface area contributed by atoms with Crippen LogP contribution in [0.4, 0.5) is 22.7 Å². The van der Waals surface area contributed by atoms with Gasteiger partial charge in [-0.05, 0) is 81.9 Å². The zero-order chi connectivity index (χ0) is 39.4. The van der Waals surface area contributed by atoms with Crippen LogP contribution < -0.4 is 20.7 Å². The van der Waals surface area contributed by atoms with Gasteiger partial charge in [0.15, 0.2) is 0 Å². The second-order valence-corrected chi connectivity index (χ2v) is 19.4. The van der Waals surface area contributed by atoms with E-state index >= 15 is 0 Å². The second-order valence-electron chi connectivity index (χ2n) is 19.4. The van der Waals surface area contributed by atoms with Crippen molar-refractivity contribution in [2.24, 2.45) is 5.41 Å². The first kappa shape index (κ1) is 37.0. The largest absolute Gasteiger partial charge is 0.345 e. The minimum atomic E-state index is -0.191. The van der Waals surface area contributed by atoms with Crippen molar-refractivity contribution >= 4 is 51.9 Å². The average Bonchev–Trinajstić information content (AvgIpc) is 3.62. The van der Waals surface area contributed by atoms with Gasteiger partial charge in [0, 0.05) is 69.0 Å². The summed E-state index contributed by atoms with van der Waals surface area (Å²) in [6.45, 7) is 30.0. The smallest absolute Gasteiger partial charge is 0.200 e. The van der Waals surface area contributed by atoms with Crippen LogP contribution >= 0.6 is 0 Å². The van der Waals surface area contributed by atoms with Gasteiger partial charge >= 0.3 is 0 Å². The summed E-state index contributed by atoms with van der Waals surface area (Å²) < 4.78 is 2.59. The van der Waals surface area contributed by atoms with Crippen LogP contribution in [0.5, 0.6) is 0 Å². The van der Waals surface area contributed by atoms with Crippen molar-refractivity contribution in [3.63, 3.8) is 0 Å². The first-order valence-electron chi connectivity index (χ1n) is 20.2. The Balaban J connectivity index is 1.45. The Bertz CT molecular complexity index is 2480. The van der Waals surface area contributed by atoms with E-state index in [1.807, 2.05) is 0 Å². The maximum Gasteiger partial charge on any atom is 0.200 e. The normalized spacial score (nSPS) is 15.2. The number of hydrogen-bond donors (Lipinski definition) is 0. The van der Waals surface area contributed by atoms with Gasteiger partial charge in [-0.15, -0.1) is 6.58 Å². The summed E-state index contributed by atoms with van der Waals surface area (Å²) >= 11 is 0. The van der Waals surface area contributed by atoms with E-state index in [4.69, 9.17) is 0 Å². The van der Waals surface area contributed by atoms with Gasteiger partial charge in [-0.25, -0.2) is 0 Å². The van der Waals surface area contributed by atoms with E-state index in [9.17, 15) is 0 Å². The third-order valence-corrected chi connectivity index (χ3v) is 13.1. The molecule has 1 aliphatic carbocycles. The van der Waals surface area contributed by atoms with Gasteiger partial charge in [-0.2, -0.15) is 0 Å². The fraction of sp³-hybridized carbons (Fsp3) is 0.333. The molecule has 8 rings (SSSR count). The van der Waals surface area contributed by atoms with Crippen LogP contribution in [0.25, 0.3) is 27.7 Å². The highest BCUT2D eigenvalue weighted by atomic mass is 15.2. The van der Waals surface area contributed by atoms with Crippen molar-refractivity contribution in [2.45, 2.75) is 98.4 Å². The molecular formula is C51H58BN3. The molecule has 0 unspecified atom stereocenters. The van der Waals surface area contributed by atoms with E-state index in [1.54, 1.807) is 0 Å². The van der Waals surface area contributed by atoms with Gasteiger partial charge in [0.25, 0.3) is 0 Å². The van der Waals surface area contributed by atoms with Crippen LogP contribution in [0.1, 0.15) is 98.5 Å². The van der Waals surface area contributed by atoms with E-state index in [2.05, 4.69) is 213 Å². The number of nitrogens with zero attached hydrogens (tertiary/aromatic N) is 3. The SMILES string of the molecule is C=CC(C)(C)[C@H](C)N1c2ccc(C(C)(C)C)cc2Bc2c(N(C)c3ccc(C(C)(C)C)cc3)cc(-n3c4c(c5ccccc53)-c3ccccc3C4(C)C)cc21. The molecular weight excluding hydrogens is 665 g/mol. The van der Waals surface area contributed by atoms with Gasteiger partial charge in [0.05, 0.1) is 5.52 Å². The molecule has 6 aromatic rings. The summed E-state index contributed by atoms with van der Waals surface area (Å²) in [5.74, 6) is 0. The number of para-hydroxylation sites is 1. The molecule has 4 heteroatoms. The molecule has 2 aliphatic rings. The van der Waals surface area contributed by atoms with Gasteiger partial charge < -0.3 is 14.4 Å². The van der Waals surface area contributed by atoms with Gasteiger partial charge in [0.1, 0.15) is 0 Å². The number of rotatable bonds is 6. The first-order valence-corrected chi connectivity index (χ1v) is 20.2. The number of anilines is 4. The zero-order valence-electron chi connectivity index (χ0n) is 35.2.